The number of hydrogen-bond donors (Lipinski definition) is 0. The molecule has 200 valence electrons. The van der Waals surface area contributed by atoms with E-state index in [1.807, 2.05) is 6.07 Å². The molecule has 1 aromatic rings. The van der Waals surface area contributed by atoms with E-state index in [0.717, 1.165) is 49.2 Å². The molecule has 4 aliphatic rings. The van der Waals surface area contributed by atoms with Crippen LogP contribution in [0.1, 0.15) is 49.7 Å². The van der Waals surface area contributed by atoms with Crippen LogP contribution in [0.5, 0.6) is 11.5 Å². The third-order valence-electron chi connectivity index (χ3n) is 7.65. The highest BCUT2D eigenvalue weighted by molar-refractivity contribution is 5.94. The molecule has 1 aromatic carbocycles. The molecule has 3 aliphatic heterocycles. The number of nitrogens with zero attached hydrogens (tertiary/aromatic N) is 1. The normalized spacial score (nSPS) is 28.1. The predicted molar refractivity (Wildman–Crippen MR) is 133 cm³/mol. The lowest BCUT2D eigenvalue weighted by molar-refractivity contribution is -0.210. The summed E-state index contributed by atoms with van der Waals surface area (Å²) >= 11 is 0. The van der Waals surface area contributed by atoms with Gasteiger partial charge in [-0.15, -0.1) is 0 Å². The molecule has 9 nitrogen and oxygen atoms in total. The first-order valence-corrected chi connectivity index (χ1v) is 13.0. The van der Waals surface area contributed by atoms with Crippen LogP contribution in [0.15, 0.2) is 36.1 Å². The van der Waals surface area contributed by atoms with Crippen molar-refractivity contribution in [1.82, 2.24) is 4.90 Å². The summed E-state index contributed by atoms with van der Waals surface area (Å²) in [6, 6.07) is 4.07. The molecule has 1 aliphatic carbocycles. The number of hydrogen-bond acceptors (Lipinski definition) is 9. The zero-order chi connectivity index (χ0) is 26.0. The van der Waals surface area contributed by atoms with Crippen molar-refractivity contribution in [3.05, 3.63) is 47.2 Å². The van der Waals surface area contributed by atoms with Crippen molar-refractivity contribution in [2.75, 3.05) is 40.7 Å². The lowest BCUT2D eigenvalue weighted by Crippen LogP contribution is -2.55. The first kappa shape index (κ1) is 25.6. The standard InChI is InChI=1S/C28H35NO8/c1-4-5-10-29-11-8-18-13-21-22(35-17-34-21)14-19(18)25-20(29)15-23(33-3)26(25)36-27(31)28(16-24(30)37-28)9-6-7-12-32-2/h6-7,13-15,20,25-26H,4-5,8-12,16-17H2,1-3H3/b7-6+/t20-,25-,26+,28+/m0/s1. The van der Waals surface area contributed by atoms with Gasteiger partial charge in [0.15, 0.2) is 17.6 Å². The van der Waals surface area contributed by atoms with E-state index >= 15 is 0 Å². The molecule has 1 fully saturated rings. The van der Waals surface area contributed by atoms with Crippen molar-refractivity contribution >= 4 is 11.9 Å². The molecule has 0 aromatic heterocycles. The summed E-state index contributed by atoms with van der Waals surface area (Å²) in [4.78, 5) is 27.8. The van der Waals surface area contributed by atoms with Crippen LogP contribution in [0.25, 0.3) is 0 Å². The topological polar surface area (TPSA) is 92.8 Å². The number of unbranched alkanes of at least 4 members (excludes halogenated alkanes) is 1. The van der Waals surface area contributed by atoms with Crippen LogP contribution in [-0.4, -0.2) is 75.3 Å². The molecular formula is C28H35NO8. The Morgan fingerprint density at radius 2 is 2.00 bits per heavy atom. The summed E-state index contributed by atoms with van der Waals surface area (Å²) in [6.45, 7) is 4.58. The van der Waals surface area contributed by atoms with Gasteiger partial charge in [-0.05, 0) is 48.7 Å². The Balaban J connectivity index is 1.47. The number of rotatable bonds is 10. The monoisotopic (exact) mass is 513 g/mol. The van der Waals surface area contributed by atoms with Crippen LogP contribution in [0.4, 0.5) is 0 Å². The molecule has 5 rings (SSSR count). The van der Waals surface area contributed by atoms with Gasteiger partial charge in [0, 0.05) is 32.0 Å². The average molecular weight is 514 g/mol. The van der Waals surface area contributed by atoms with Crippen LogP contribution in [0.2, 0.25) is 0 Å². The third-order valence-corrected chi connectivity index (χ3v) is 7.65. The Bertz CT molecular complexity index is 1090. The molecule has 0 N–H and O–H groups in total. The number of benzene rings is 1. The second-order valence-electron chi connectivity index (χ2n) is 9.94. The minimum Gasteiger partial charge on any atom is -0.497 e. The van der Waals surface area contributed by atoms with Gasteiger partial charge in [-0.25, -0.2) is 4.79 Å². The van der Waals surface area contributed by atoms with Gasteiger partial charge in [0.2, 0.25) is 12.4 Å². The van der Waals surface area contributed by atoms with Gasteiger partial charge >= 0.3 is 11.9 Å². The molecule has 0 spiro atoms. The van der Waals surface area contributed by atoms with E-state index in [1.165, 1.54) is 0 Å². The fourth-order valence-corrected chi connectivity index (χ4v) is 5.69. The zero-order valence-corrected chi connectivity index (χ0v) is 21.7. The van der Waals surface area contributed by atoms with Gasteiger partial charge in [0.05, 0.1) is 20.1 Å². The molecule has 0 amide bonds. The highest BCUT2D eigenvalue weighted by atomic mass is 16.7. The van der Waals surface area contributed by atoms with Gasteiger partial charge in [0.25, 0.3) is 0 Å². The molecule has 0 saturated carbocycles. The number of fused-ring (bicyclic) bond motifs is 4. The second kappa shape index (κ2) is 10.8. The summed E-state index contributed by atoms with van der Waals surface area (Å²) in [5, 5.41) is 0. The van der Waals surface area contributed by atoms with Gasteiger partial charge in [-0.2, -0.15) is 0 Å². The first-order valence-electron chi connectivity index (χ1n) is 13.0. The molecule has 37 heavy (non-hydrogen) atoms. The molecule has 4 atom stereocenters. The van der Waals surface area contributed by atoms with Gasteiger partial charge in [-0.3, -0.25) is 9.69 Å². The number of carbonyl (C=O) groups excluding carboxylic acids is 2. The summed E-state index contributed by atoms with van der Waals surface area (Å²) in [5.74, 6) is 0.873. The number of cyclic esters (lactones) is 1. The maximum Gasteiger partial charge on any atom is 0.352 e. The zero-order valence-electron chi connectivity index (χ0n) is 21.7. The van der Waals surface area contributed by atoms with Gasteiger partial charge in [0.1, 0.15) is 5.76 Å². The Morgan fingerprint density at radius 1 is 1.22 bits per heavy atom. The van der Waals surface area contributed by atoms with E-state index in [0.29, 0.717) is 18.1 Å². The van der Waals surface area contributed by atoms with Crippen molar-refractivity contribution in [2.45, 2.75) is 62.7 Å². The summed E-state index contributed by atoms with van der Waals surface area (Å²) in [6.07, 6.45) is 8.21. The molecule has 0 bridgehead atoms. The highest BCUT2D eigenvalue weighted by Crippen LogP contribution is 2.47. The van der Waals surface area contributed by atoms with Crippen molar-refractivity contribution in [2.24, 2.45) is 0 Å². The summed E-state index contributed by atoms with van der Waals surface area (Å²) in [5.41, 5.74) is 0.883. The molecular weight excluding hydrogens is 478 g/mol. The van der Waals surface area contributed by atoms with Crippen LogP contribution in [0.3, 0.4) is 0 Å². The third kappa shape index (κ3) is 4.82. The Hall–Kier alpha value is -3.04. The second-order valence-corrected chi connectivity index (χ2v) is 9.94. The quantitative estimate of drug-likeness (QED) is 0.345. The van der Waals surface area contributed by atoms with Crippen LogP contribution in [0, 0.1) is 0 Å². The number of methoxy groups -OCH3 is 2. The number of ether oxygens (including phenoxy) is 6. The van der Waals surface area contributed by atoms with Crippen molar-refractivity contribution in [3.8, 4) is 11.5 Å². The van der Waals surface area contributed by atoms with E-state index in [9.17, 15) is 9.59 Å². The minimum absolute atomic E-state index is 0.0117. The van der Waals surface area contributed by atoms with Gasteiger partial charge < -0.3 is 28.4 Å². The Kier molecular flexibility index (Phi) is 7.44. The molecule has 9 heteroatoms. The molecule has 1 saturated heterocycles. The molecule has 3 heterocycles. The Labute approximate surface area is 217 Å². The van der Waals surface area contributed by atoms with E-state index in [-0.39, 0.29) is 31.6 Å². The first-order chi connectivity index (χ1) is 18.0. The smallest absolute Gasteiger partial charge is 0.352 e. The van der Waals surface area contributed by atoms with Crippen molar-refractivity contribution < 1.29 is 38.0 Å². The number of carbonyl (C=O) groups is 2. The highest BCUT2D eigenvalue weighted by Gasteiger charge is 2.56. The van der Waals surface area contributed by atoms with Crippen molar-refractivity contribution in [1.29, 1.82) is 0 Å². The summed E-state index contributed by atoms with van der Waals surface area (Å²) < 4.78 is 33.8. The predicted octanol–water partition coefficient (Wildman–Crippen LogP) is 3.26. The van der Waals surface area contributed by atoms with E-state index < -0.39 is 23.6 Å². The van der Waals surface area contributed by atoms with Crippen LogP contribution >= 0.6 is 0 Å². The maximum absolute atomic E-state index is 13.6. The van der Waals surface area contributed by atoms with Crippen LogP contribution in [-0.2, 0) is 35.0 Å². The van der Waals surface area contributed by atoms with E-state index in [1.54, 1.807) is 26.4 Å². The number of esters is 2. The lowest BCUT2D eigenvalue weighted by Gasteiger charge is -2.39. The largest absolute Gasteiger partial charge is 0.497 e. The fourth-order valence-electron chi connectivity index (χ4n) is 5.69. The van der Waals surface area contributed by atoms with Crippen LogP contribution < -0.4 is 9.47 Å². The SMILES string of the molecule is CCCCN1CCc2cc3c(cc2[C@@H]2[C@H](OC(=O)[C@@]4(C/C=C/COC)CC(=O)O4)C(OC)=C[C@@H]21)OCO3. The molecule has 0 unspecified atom stereocenters. The van der Waals surface area contributed by atoms with E-state index in [2.05, 4.69) is 24.0 Å². The summed E-state index contributed by atoms with van der Waals surface area (Å²) in [7, 11) is 3.19. The average Bonchev–Trinajstić information content (AvgIpc) is 3.44. The van der Waals surface area contributed by atoms with E-state index in [4.69, 9.17) is 28.4 Å². The van der Waals surface area contributed by atoms with Gasteiger partial charge in [-0.1, -0.05) is 25.5 Å². The maximum atomic E-state index is 13.6. The fraction of sp³-hybridized carbons (Fsp3) is 0.571. The minimum atomic E-state index is -1.33. The lowest BCUT2D eigenvalue weighted by atomic mass is 9.86. The molecule has 0 radical (unpaired) electrons. The Morgan fingerprint density at radius 3 is 2.70 bits per heavy atom. The van der Waals surface area contributed by atoms with Crippen molar-refractivity contribution in [3.63, 3.8) is 0 Å².